The molecule has 0 aliphatic rings. The summed E-state index contributed by atoms with van der Waals surface area (Å²) in [6, 6.07) is 0. The second-order valence-corrected chi connectivity index (χ2v) is 4.17. The van der Waals surface area contributed by atoms with E-state index >= 15 is 0 Å². The Hall–Kier alpha value is -2.02. The lowest BCUT2D eigenvalue weighted by Crippen LogP contribution is -2.12. The van der Waals surface area contributed by atoms with Gasteiger partial charge in [-0.1, -0.05) is 0 Å². The molecule has 2 rings (SSSR count). The molecule has 2 aromatic rings. The third-order valence-corrected chi connectivity index (χ3v) is 2.79. The molecule has 0 radical (unpaired) electrons. The number of nitrogens with one attached hydrogen (secondary N) is 1. The molecule has 7 heteroatoms. The number of aromatic nitrogens is 2. The maximum absolute atomic E-state index is 11.7. The highest BCUT2D eigenvalue weighted by Gasteiger charge is 2.16. The van der Waals surface area contributed by atoms with Gasteiger partial charge in [0.15, 0.2) is 17.3 Å². The van der Waals surface area contributed by atoms with E-state index in [9.17, 15) is 9.59 Å². The molecule has 17 heavy (non-hydrogen) atoms. The SMILES string of the molecule is CC(=O)c1csc(NC(=O)c2ocnc2C)n1. The van der Waals surface area contributed by atoms with Gasteiger partial charge in [0.05, 0.1) is 5.69 Å². The average Bonchev–Trinajstić information content (AvgIpc) is 2.86. The highest BCUT2D eigenvalue weighted by atomic mass is 32.1. The van der Waals surface area contributed by atoms with E-state index in [2.05, 4.69) is 15.3 Å². The van der Waals surface area contributed by atoms with Crippen molar-refractivity contribution in [1.29, 1.82) is 0 Å². The third kappa shape index (κ3) is 2.39. The van der Waals surface area contributed by atoms with Crippen LogP contribution in [0.15, 0.2) is 16.2 Å². The van der Waals surface area contributed by atoms with E-state index in [0.29, 0.717) is 16.5 Å². The minimum atomic E-state index is -0.426. The maximum Gasteiger partial charge on any atom is 0.295 e. The van der Waals surface area contributed by atoms with Crippen molar-refractivity contribution in [2.45, 2.75) is 13.8 Å². The van der Waals surface area contributed by atoms with Crippen molar-refractivity contribution in [1.82, 2.24) is 9.97 Å². The lowest BCUT2D eigenvalue weighted by molar-refractivity contribution is 0.0990. The number of hydrogen-bond acceptors (Lipinski definition) is 6. The van der Waals surface area contributed by atoms with Crippen LogP contribution in [0, 0.1) is 6.92 Å². The van der Waals surface area contributed by atoms with Gasteiger partial charge in [-0.25, -0.2) is 9.97 Å². The van der Waals surface area contributed by atoms with Gasteiger partial charge in [0.2, 0.25) is 5.76 Å². The van der Waals surface area contributed by atoms with E-state index in [4.69, 9.17) is 4.42 Å². The van der Waals surface area contributed by atoms with Gasteiger partial charge in [-0.05, 0) is 6.92 Å². The Bertz CT molecular complexity index is 573. The molecule has 2 aromatic heterocycles. The van der Waals surface area contributed by atoms with E-state index in [1.807, 2.05) is 0 Å². The number of ketones is 1. The molecule has 0 aromatic carbocycles. The van der Waals surface area contributed by atoms with Crippen LogP contribution in [0.4, 0.5) is 5.13 Å². The molecule has 0 fully saturated rings. The topological polar surface area (TPSA) is 85.1 Å². The smallest absolute Gasteiger partial charge is 0.295 e. The van der Waals surface area contributed by atoms with Crippen molar-refractivity contribution in [3.8, 4) is 0 Å². The average molecular weight is 251 g/mol. The zero-order chi connectivity index (χ0) is 12.4. The molecular weight excluding hydrogens is 242 g/mol. The minimum Gasteiger partial charge on any atom is -0.438 e. The highest BCUT2D eigenvalue weighted by molar-refractivity contribution is 7.14. The first-order valence-electron chi connectivity index (χ1n) is 4.76. The molecule has 2 heterocycles. The largest absolute Gasteiger partial charge is 0.438 e. The van der Waals surface area contributed by atoms with Crippen molar-refractivity contribution in [3.63, 3.8) is 0 Å². The van der Waals surface area contributed by atoms with Gasteiger partial charge < -0.3 is 4.42 Å². The summed E-state index contributed by atoms with van der Waals surface area (Å²) in [7, 11) is 0. The highest BCUT2D eigenvalue weighted by Crippen LogP contribution is 2.17. The molecule has 1 amide bonds. The van der Waals surface area contributed by atoms with Gasteiger partial charge >= 0.3 is 0 Å². The third-order valence-electron chi connectivity index (χ3n) is 2.04. The van der Waals surface area contributed by atoms with Crippen LogP contribution in [-0.4, -0.2) is 21.7 Å². The van der Waals surface area contributed by atoms with Crippen molar-refractivity contribution in [2.75, 3.05) is 5.32 Å². The van der Waals surface area contributed by atoms with E-state index < -0.39 is 5.91 Å². The van der Waals surface area contributed by atoms with E-state index in [1.54, 1.807) is 12.3 Å². The fourth-order valence-corrected chi connectivity index (χ4v) is 1.91. The molecule has 0 spiro atoms. The molecule has 1 N–H and O–H groups in total. The van der Waals surface area contributed by atoms with Crippen LogP contribution in [0.5, 0.6) is 0 Å². The minimum absolute atomic E-state index is 0.141. The fraction of sp³-hybridized carbons (Fsp3) is 0.200. The van der Waals surface area contributed by atoms with E-state index in [-0.39, 0.29) is 11.5 Å². The summed E-state index contributed by atoms with van der Waals surface area (Å²) < 4.78 is 4.94. The number of amides is 1. The Morgan fingerprint density at radius 3 is 2.76 bits per heavy atom. The van der Waals surface area contributed by atoms with Gasteiger partial charge in [0.25, 0.3) is 5.91 Å². The first-order valence-corrected chi connectivity index (χ1v) is 5.64. The summed E-state index contributed by atoms with van der Waals surface area (Å²) in [6.45, 7) is 3.09. The molecular formula is C10H9N3O3S. The number of rotatable bonds is 3. The predicted molar refractivity (Wildman–Crippen MR) is 61.3 cm³/mol. The van der Waals surface area contributed by atoms with Crippen molar-refractivity contribution in [2.24, 2.45) is 0 Å². The second kappa shape index (κ2) is 4.46. The van der Waals surface area contributed by atoms with Crippen molar-refractivity contribution < 1.29 is 14.0 Å². The predicted octanol–water partition coefficient (Wildman–Crippen LogP) is 1.89. The van der Waals surface area contributed by atoms with Gasteiger partial charge in [-0.2, -0.15) is 0 Å². The molecule has 0 unspecified atom stereocenters. The normalized spacial score (nSPS) is 10.2. The Morgan fingerprint density at radius 1 is 1.47 bits per heavy atom. The zero-order valence-electron chi connectivity index (χ0n) is 9.18. The molecule has 0 bridgehead atoms. The van der Waals surface area contributed by atoms with Crippen LogP contribution in [0.2, 0.25) is 0 Å². The summed E-state index contributed by atoms with van der Waals surface area (Å²) in [5, 5.41) is 4.49. The standard InChI is InChI=1S/C10H9N3O3S/c1-5-8(16-4-11-5)9(15)13-10-12-7(3-17-10)6(2)14/h3-4H,1-2H3,(H,12,13,15). The number of hydrogen-bond donors (Lipinski definition) is 1. The van der Waals surface area contributed by atoms with Crippen molar-refractivity contribution in [3.05, 3.63) is 28.9 Å². The molecule has 88 valence electrons. The number of aryl methyl sites for hydroxylation is 1. The lowest BCUT2D eigenvalue weighted by Gasteiger charge is -1.97. The van der Waals surface area contributed by atoms with Gasteiger partial charge in [-0.3, -0.25) is 14.9 Å². The quantitative estimate of drug-likeness (QED) is 0.842. The molecule has 0 aliphatic carbocycles. The number of oxazole rings is 1. The summed E-state index contributed by atoms with van der Waals surface area (Å²) in [5.74, 6) is -0.424. The summed E-state index contributed by atoms with van der Waals surface area (Å²) >= 11 is 1.18. The number of thiazole rings is 1. The summed E-state index contributed by atoms with van der Waals surface area (Å²) in [6.07, 6.45) is 1.20. The molecule has 0 saturated heterocycles. The fourth-order valence-electron chi connectivity index (χ4n) is 1.17. The van der Waals surface area contributed by atoms with Crippen LogP contribution in [-0.2, 0) is 0 Å². The number of Topliss-reactive ketones (excluding diaryl/α,β-unsaturated/α-hetero) is 1. The van der Waals surface area contributed by atoms with Crippen LogP contribution >= 0.6 is 11.3 Å². The number of carbonyl (C=O) groups is 2. The Labute approximate surface area is 101 Å². The van der Waals surface area contributed by atoms with Gasteiger partial charge in [-0.15, -0.1) is 11.3 Å². The van der Waals surface area contributed by atoms with Crippen LogP contribution < -0.4 is 5.32 Å². The van der Waals surface area contributed by atoms with E-state index in [1.165, 1.54) is 24.7 Å². The first kappa shape index (κ1) is 11.5. The summed E-state index contributed by atoms with van der Waals surface area (Å²) in [4.78, 5) is 30.5. The van der Waals surface area contributed by atoms with Gasteiger partial charge in [0, 0.05) is 12.3 Å². The Morgan fingerprint density at radius 2 is 2.24 bits per heavy atom. The number of anilines is 1. The number of nitrogens with zero attached hydrogens (tertiary/aromatic N) is 2. The van der Waals surface area contributed by atoms with E-state index in [0.717, 1.165) is 0 Å². The van der Waals surface area contributed by atoms with Crippen LogP contribution in [0.3, 0.4) is 0 Å². The zero-order valence-corrected chi connectivity index (χ0v) is 10.00. The van der Waals surface area contributed by atoms with Crippen molar-refractivity contribution >= 4 is 28.2 Å². The molecule has 0 atom stereocenters. The molecule has 0 aliphatic heterocycles. The Balaban J connectivity index is 2.13. The first-order chi connectivity index (χ1) is 8.08. The Kier molecular flexibility index (Phi) is 3.01. The molecule has 0 saturated carbocycles. The van der Waals surface area contributed by atoms with Crippen LogP contribution in [0.1, 0.15) is 33.7 Å². The summed E-state index contributed by atoms with van der Waals surface area (Å²) in [5.41, 5.74) is 0.838. The maximum atomic E-state index is 11.7. The van der Waals surface area contributed by atoms with Gasteiger partial charge in [0.1, 0.15) is 5.69 Å². The number of carbonyl (C=O) groups excluding carboxylic acids is 2. The second-order valence-electron chi connectivity index (χ2n) is 3.32. The molecule has 6 nitrogen and oxygen atoms in total. The monoisotopic (exact) mass is 251 g/mol. The van der Waals surface area contributed by atoms with Crippen LogP contribution in [0.25, 0.3) is 0 Å². The lowest BCUT2D eigenvalue weighted by atomic mass is 10.3.